The molecule has 1 aromatic heterocycles. The summed E-state index contributed by atoms with van der Waals surface area (Å²) in [5.41, 5.74) is 0.276. The van der Waals surface area contributed by atoms with Gasteiger partial charge in [-0.1, -0.05) is 18.2 Å². The molecule has 0 saturated carbocycles. The number of rotatable bonds is 4. The lowest BCUT2D eigenvalue weighted by Crippen LogP contribution is -2.27. The average Bonchev–Trinajstić information content (AvgIpc) is 2.89. The minimum absolute atomic E-state index is 0.184. The first-order valence-corrected chi connectivity index (χ1v) is 7.66. The number of benzene rings is 1. The Labute approximate surface area is 114 Å². The van der Waals surface area contributed by atoms with Gasteiger partial charge >= 0.3 is 5.97 Å². The SMILES string of the molecule is CN(c1ccccc1)S(=O)(=O)c1cscc1C(=O)O. The fourth-order valence-electron chi connectivity index (χ4n) is 1.57. The predicted octanol–water partition coefficient (Wildman–Crippen LogP) is 2.27. The summed E-state index contributed by atoms with van der Waals surface area (Å²) in [6.07, 6.45) is 0. The third-order valence-electron chi connectivity index (χ3n) is 2.62. The molecule has 1 aromatic carbocycles. The van der Waals surface area contributed by atoms with Gasteiger partial charge in [-0.05, 0) is 12.1 Å². The number of thiophene rings is 1. The third kappa shape index (κ3) is 2.47. The highest BCUT2D eigenvalue weighted by molar-refractivity contribution is 7.93. The van der Waals surface area contributed by atoms with Gasteiger partial charge in [-0.3, -0.25) is 4.31 Å². The smallest absolute Gasteiger partial charge is 0.337 e. The molecule has 1 N–H and O–H groups in total. The van der Waals surface area contributed by atoms with Gasteiger partial charge in [0.05, 0.1) is 11.3 Å². The minimum atomic E-state index is -3.86. The van der Waals surface area contributed by atoms with Gasteiger partial charge in [-0.25, -0.2) is 13.2 Å². The number of carboxylic acids is 1. The molecule has 0 radical (unpaired) electrons. The van der Waals surface area contributed by atoms with Gasteiger partial charge < -0.3 is 5.11 Å². The van der Waals surface area contributed by atoms with Crippen molar-refractivity contribution in [2.75, 3.05) is 11.4 Å². The van der Waals surface area contributed by atoms with E-state index >= 15 is 0 Å². The van der Waals surface area contributed by atoms with Crippen LogP contribution in [0.25, 0.3) is 0 Å². The molecular weight excluding hydrogens is 286 g/mol. The molecule has 1 heterocycles. The summed E-state index contributed by atoms with van der Waals surface area (Å²) >= 11 is 1.05. The quantitative estimate of drug-likeness (QED) is 0.939. The fraction of sp³-hybridized carbons (Fsp3) is 0.0833. The molecule has 0 atom stereocenters. The first-order chi connectivity index (χ1) is 8.94. The zero-order valence-electron chi connectivity index (χ0n) is 9.98. The van der Waals surface area contributed by atoms with Crippen LogP contribution >= 0.6 is 11.3 Å². The Morgan fingerprint density at radius 3 is 2.42 bits per heavy atom. The van der Waals surface area contributed by atoms with Gasteiger partial charge in [-0.15, -0.1) is 0 Å². The fourth-order valence-corrected chi connectivity index (χ4v) is 4.09. The van der Waals surface area contributed by atoms with Crippen LogP contribution in [0.15, 0.2) is 46.0 Å². The Bertz CT molecular complexity index is 692. The van der Waals surface area contributed by atoms with E-state index in [1.807, 2.05) is 0 Å². The summed E-state index contributed by atoms with van der Waals surface area (Å²) in [7, 11) is -2.46. The molecule has 7 heteroatoms. The average molecular weight is 297 g/mol. The number of sulfonamides is 1. The molecule has 0 spiro atoms. The summed E-state index contributed by atoms with van der Waals surface area (Å²) in [6.45, 7) is 0. The lowest BCUT2D eigenvalue weighted by Gasteiger charge is -2.19. The van der Waals surface area contributed by atoms with Crippen molar-refractivity contribution in [1.82, 2.24) is 0 Å². The molecule has 19 heavy (non-hydrogen) atoms. The summed E-state index contributed by atoms with van der Waals surface area (Å²) in [5, 5.41) is 11.6. The number of carboxylic acid groups (broad SMARTS) is 1. The van der Waals surface area contributed by atoms with E-state index in [1.165, 1.54) is 17.8 Å². The topological polar surface area (TPSA) is 74.7 Å². The molecule has 2 rings (SSSR count). The maximum absolute atomic E-state index is 12.4. The zero-order valence-corrected chi connectivity index (χ0v) is 11.6. The summed E-state index contributed by atoms with van der Waals surface area (Å²) < 4.78 is 25.8. The van der Waals surface area contributed by atoms with Crippen LogP contribution < -0.4 is 4.31 Å². The number of hydrogen-bond acceptors (Lipinski definition) is 4. The van der Waals surface area contributed by atoms with E-state index < -0.39 is 16.0 Å². The van der Waals surface area contributed by atoms with E-state index in [1.54, 1.807) is 30.3 Å². The van der Waals surface area contributed by atoms with Crippen LogP contribution in [0.4, 0.5) is 5.69 Å². The number of nitrogens with zero attached hydrogens (tertiary/aromatic N) is 1. The van der Waals surface area contributed by atoms with Crippen LogP contribution in [0.3, 0.4) is 0 Å². The van der Waals surface area contributed by atoms with Gasteiger partial charge in [0, 0.05) is 17.8 Å². The van der Waals surface area contributed by atoms with Crippen LogP contribution in [0.1, 0.15) is 10.4 Å². The molecule has 0 aliphatic carbocycles. The molecule has 5 nitrogen and oxygen atoms in total. The van der Waals surface area contributed by atoms with Crippen molar-refractivity contribution in [2.24, 2.45) is 0 Å². The largest absolute Gasteiger partial charge is 0.478 e. The number of carbonyl (C=O) groups is 1. The van der Waals surface area contributed by atoms with Crippen molar-refractivity contribution < 1.29 is 18.3 Å². The van der Waals surface area contributed by atoms with Gasteiger partial charge in [0.2, 0.25) is 0 Å². The van der Waals surface area contributed by atoms with Gasteiger partial charge in [0.1, 0.15) is 4.90 Å². The number of para-hydroxylation sites is 1. The Morgan fingerprint density at radius 1 is 1.21 bits per heavy atom. The van der Waals surface area contributed by atoms with E-state index in [0.717, 1.165) is 15.6 Å². The van der Waals surface area contributed by atoms with Gasteiger partial charge in [0.25, 0.3) is 10.0 Å². The highest BCUT2D eigenvalue weighted by Crippen LogP contribution is 2.26. The second kappa shape index (κ2) is 5.02. The first kappa shape index (κ1) is 13.6. The second-order valence-corrected chi connectivity index (χ2v) is 6.44. The van der Waals surface area contributed by atoms with Crippen LogP contribution in [-0.2, 0) is 10.0 Å². The van der Waals surface area contributed by atoms with E-state index in [-0.39, 0.29) is 10.5 Å². The maximum atomic E-state index is 12.4. The van der Waals surface area contributed by atoms with E-state index in [2.05, 4.69) is 0 Å². The monoisotopic (exact) mass is 297 g/mol. The van der Waals surface area contributed by atoms with Crippen molar-refractivity contribution in [3.8, 4) is 0 Å². The molecule has 0 amide bonds. The molecule has 2 aromatic rings. The summed E-state index contributed by atoms with van der Waals surface area (Å²) in [5.74, 6) is -1.25. The van der Waals surface area contributed by atoms with Crippen LogP contribution in [-0.4, -0.2) is 26.5 Å². The molecular formula is C12H11NO4S2. The molecule has 0 saturated heterocycles. The van der Waals surface area contributed by atoms with Crippen LogP contribution in [0.2, 0.25) is 0 Å². The summed E-state index contributed by atoms with van der Waals surface area (Å²) in [6, 6.07) is 8.49. The standard InChI is InChI=1S/C12H11NO4S2/c1-13(9-5-3-2-4-6-9)19(16,17)11-8-18-7-10(11)12(14)15/h2-8H,1H3,(H,14,15). The Balaban J connectivity index is 2.49. The van der Waals surface area contributed by atoms with E-state index in [9.17, 15) is 13.2 Å². The highest BCUT2D eigenvalue weighted by atomic mass is 32.2. The molecule has 0 aliphatic rings. The Morgan fingerprint density at radius 2 is 1.84 bits per heavy atom. The van der Waals surface area contributed by atoms with Gasteiger partial charge in [0.15, 0.2) is 0 Å². The van der Waals surface area contributed by atoms with E-state index in [4.69, 9.17) is 5.11 Å². The zero-order chi connectivity index (χ0) is 14.0. The predicted molar refractivity (Wildman–Crippen MR) is 73.3 cm³/mol. The van der Waals surface area contributed by atoms with Crippen molar-refractivity contribution in [1.29, 1.82) is 0 Å². The van der Waals surface area contributed by atoms with Crippen molar-refractivity contribution in [3.05, 3.63) is 46.7 Å². The molecule has 0 bridgehead atoms. The molecule has 0 unspecified atom stereocenters. The van der Waals surface area contributed by atoms with Gasteiger partial charge in [-0.2, -0.15) is 11.3 Å². The van der Waals surface area contributed by atoms with Crippen molar-refractivity contribution in [2.45, 2.75) is 4.90 Å². The first-order valence-electron chi connectivity index (χ1n) is 5.28. The highest BCUT2D eigenvalue weighted by Gasteiger charge is 2.27. The number of aromatic carboxylic acids is 1. The lowest BCUT2D eigenvalue weighted by molar-refractivity contribution is 0.0693. The molecule has 0 fully saturated rings. The number of hydrogen-bond donors (Lipinski definition) is 1. The van der Waals surface area contributed by atoms with Crippen LogP contribution in [0.5, 0.6) is 0 Å². The third-order valence-corrected chi connectivity index (χ3v) is 5.33. The number of anilines is 1. The van der Waals surface area contributed by atoms with Crippen LogP contribution in [0, 0.1) is 0 Å². The van der Waals surface area contributed by atoms with Crippen molar-refractivity contribution in [3.63, 3.8) is 0 Å². The lowest BCUT2D eigenvalue weighted by atomic mass is 10.3. The Hall–Kier alpha value is -1.86. The maximum Gasteiger partial charge on any atom is 0.337 e. The summed E-state index contributed by atoms with van der Waals surface area (Å²) in [4.78, 5) is 10.8. The molecule has 0 aliphatic heterocycles. The van der Waals surface area contributed by atoms with Crippen molar-refractivity contribution >= 4 is 33.0 Å². The Kier molecular flexibility index (Phi) is 3.59. The molecule has 100 valence electrons. The minimum Gasteiger partial charge on any atom is -0.478 e. The van der Waals surface area contributed by atoms with E-state index in [0.29, 0.717) is 5.69 Å². The second-order valence-electron chi connectivity index (χ2n) is 3.76. The normalized spacial score (nSPS) is 11.2.